The van der Waals surface area contributed by atoms with Crippen molar-refractivity contribution in [2.45, 2.75) is 26.8 Å². The van der Waals surface area contributed by atoms with Crippen LogP contribution in [0.3, 0.4) is 0 Å². The highest BCUT2D eigenvalue weighted by atomic mass is 16.5. The molecular weight excluding hydrogens is 240 g/mol. The van der Waals surface area contributed by atoms with Crippen molar-refractivity contribution in [2.75, 3.05) is 0 Å². The Morgan fingerprint density at radius 1 is 1.16 bits per heavy atom. The number of aromatic nitrogens is 1. The molecule has 1 aromatic carbocycles. The molecule has 0 bridgehead atoms. The highest BCUT2D eigenvalue weighted by Crippen LogP contribution is 2.03. The predicted octanol–water partition coefficient (Wildman–Crippen LogP) is 1.79. The van der Waals surface area contributed by atoms with Gasteiger partial charge in [-0.15, -0.1) is 0 Å². The van der Waals surface area contributed by atoms with Crippen molar-refractivity contribution in [1.82, 2.24) is 4.57 Å². The molecule has 19 heavy (non-hydrogen) atoms. The first-order valence-corrected chi connectivity index (χ1v) is 6.23. The number of hydrogen-bond acceptors (Lipinski definition) is 3. The molecule has 2 rings (SSSR count). The van der Waals surface area contributed by atoms with E-state index in [1.807, 2.05) is 43.3 Å². The highest BCUT2D eigenvalue weighted by Gasteiger charge is 2.04. The molecule has 0 unspecified atom stereocenters. The number of pyridine rings is 1. The van der Waals surface area contributed by atoms with Gasteiger partial charge in [-0.05, 0) is 18.6 Å². The Morgan fingerprint density at radius 2 is 1.89 bits per heavy atom. The molecule has 0 aliphatic rings. The van der Waals surface area contributed by atoms with Gasteiger partial charge in [-0.1, -0.05) is 36.4 Å². The van der Waals surface area contributed by atoms with Crippen molar-refractivity contribution in [2.24, 2.45) is 5.73 Å². The van der Waals surface area contributed by atoms with Gasteiger partial charge < -0.3 is 10.5 Å². The molecule has 1 heterocycles. The van der Waals surface area contributed by atoms with E-state index in [0.29, 0.717) is 12.2 Å². The lowest BCUT2D eigenvalue weighted by Gasteiger charge is -2.12. The predicted molar refractivity (Wildman–Crippen MR) is 74.6 cm³/mol. The van der Waals surface area contributed by atoms with Crippen molar-refractivity contribution in [3.63, 3.8) is 0 Å². The molecule has 0 aliphatic carbocycles. The summed E-state index contributed by atoms with van der Waals surface area (Å²) in [4.78, 5) is 12.1. The largest absolute Gasteiger partial charge is 0.356 e. The maximum atomic E-state index is 12.1. The summed E-state index contributed by atoms with van der Waals surface area (Å²) in [5.74, 6) is 0. The number of ether oxygens (including phenoxy) is 1. The third-order valence-corrected chi connectivity index (χ3v) is 3.02. The normalized spacial score (nSPS) is 10.6. The molecule has 0 radical (unpaired) electrons. The van der Waals surface area contributed by atoms with Gasteiger partial charge in [-0.25, -0.2) is 0 Å². The molecule has 0 spiro atoms. The summed E-state index contributed by atoms with van der Waals surface area (Å²) in [6.07, 6.45) is 0. The maximum Gasteiger partial charge on any atom is 0.257 e. The smallest absolute Gasteiger partial charge is 0.257 e. The fourth-order valence-corrected chi connectivity index (χ4v) is 1.86. The van der Waals surface area contributed by atoms with Gasteiger partial charge in [-0.2, -0.15) is 0 Å². The van der Waals surface area contributed by atoms with Gasteiger partial charge in [0.15, 0.2) is 0 Å². The van der Waals surface area contributed by atoms with Crippen LogP contribution in [0.2, 0.25) is 0 Å². The molecule has 100 valence electrons. The Hall–Kier alpha value is -1.91. The van der Waals surface area contributed by atoms with Crippen molar-refractivity contribution >= 4 is 0 Å². The lowest BCUT2D eigenvalue weighted by Crippen LogP contribution is -2.27. The third-order valence-electron chi connectivity index (χ3n) is 3.02. The van der Waals surface area contributed by atoms with Crippen LogP contribution in [0.1, 0.15) is 16.8 Å². The first-order valence-electron chi connectivity index (χ1n) is 6.23. The summed E-state index contributed by atoms with van der Waals surface area (Å²) in [5.41, 5.74) is 8.02. The van der Waals surface area contributed by atoms with Crippen molar-refractivity contribution in [3.8, 4) is 0 Å². The number of aryl methyl sites for hydroxylation is 1. The molecule has 0 fully saturated rings. The molecule has 0 atom stereocenters. The monoisotopic (exact) mass is 258 g/mol. The van der Waals surface area contributed by atoms with Crippen LogP contribution in [-0.2, 0) is 24.6 Å². The van der Waals surface area contributed by atoms with E-state index in [9.17, 15) is 4.79 Å². The van der Waals surface area contributed by atoms with E-state index in [-0.39, 0.29) is 18.8 Å². The molecule has 2 aromatic rings. The Kier molecular flexibility index (Phi) is 4.49. The molecular formula is C15H18N2O2. The summed E-state index contributed by atoms with van der Waals surface area (Å²) >= 11 is 0. The summed E-state index contributed by atoms with van der Waals surface area (Å²) in [6, 6.07) is 13.5. The van der Waals surface area contributed by atoms with E-state index in [2.05, 4.69) is 0 Å². The third kappa shape index (κ3) is 3.30. The van der Waals surface area contributed by atoms with Gasteiger partial charge in [0.05, 0.1) is 6.61 Å². The highest BCUT2D eigenvalue weighted by molar-refractivity contribution is 5.15. The topological polar surface area (TPSA) is 57.2 Å². The summed E-state index contributed by atoms with van der Waals surface area (Å²) in [6.45, 7) is 2.86. The molecule has 4 heteroatoms. The molecule has 0 saturated heterocycles. The number of rotatable bonds is 5. The summed E-state index contributed by atoms with van der Waals surface area (Å²) < 4.78 is 7.19. The van der Waals surface area contributed by atoms with Crippen LogP contribution in [0.15, 0.2) is 47.3 Å². The minimum atomic E-state index is -0.0736. The van der Waals surface area contributed by atoms with Crippen molar-refractivity contribution in [3.05, 3.63) is 69.6 Å². The first kappa shape index (κ1) is 13.5. The van der Waals surface area contributed by atoms with Crippen molar-refractivity contribution < 1.29 is 4.74 Å². The van der Waals surface area contributed by atoms with Gasteiger partial charge in [0.25, 0.3) is 5.56 Å². The van der Waals surface area contributed by atoms with E-state index in [1.54, 1.807) is 10.6 Å². The molecule has 0 aliphatic heterocycles. The quantitative estimate of drug-likeness (QED) is 0.889. The Labute approximate surface area is 112 Å². The zero-order chi connectivity index (χ0) is 13.7. The van der Waals surface area contributed by atoms with E-state index in [4.69, 9.17) is 10.5 Å². The first-order chi connectivity index (χ1) is 9.22. The average molecular weight is 258 g/mol. The van der Waals surface area contributed by atoms with Gasteiger partial charge >= 0.3 is 0 Å². The molecule has 1 aromatic heterocycles. The maximum absolute atomic E-state index is 12.1. The Bertz CT molecular complexity index is 591. The second kappa shape index (κ2) is 6.31. The van der Waals surface area contributed by atoms with Crippen LogP contribution >= 0.6 is 0 Å². The zero-order valence-corrected chi connectivity index (χ0v) is 11.0. The average Bonchev–Trinajstić information content (AvgIpc) is 2.44. The van der Waals surface area contributed by atoms with E-state index < -0.39 is 0 Å². The number of hydrogen-bond donors (Lipinski definition) is 1. The fourth-order valence-electron chi connectivity index (χ4n) is 1.86. The molecule has 2 N–H and O–H groups in total. The molecule has 0 saturated carbocycles. The van der Waals surface area contributed by atoms with Crippen LogP contribution in [0.5, 0.6) is 0 Å². The summed E-state index contributed by atoms with van der Waals surface area (Å²) in [5, 5.41) is 0. The number of nitrogens with zero attached hydrogens (tertiary/aromatic N) is 1. The minimum absolute atomic E-state index is 0.0736. The van der Waals surface area contributed by atoms with Gasteiger partial charge in [0.2, 0.25) is 0 Å². The van der Waals surface area contributed by atoms with Crippen LogP contribution in [0.25, 0.3) is 0 Å². The SMILES string of the molecule is Cc1ccc(CN)c(=O)n1COCc1ccccc1. The van der Waals surface area contributed by atoms with Gasteiger partial charge in [0, 0.05) is 17.8 Å². The second-order valence-corrected chi connectivity index (χ2v) is 4.40. The molecule has 0 amide bonds. The Morgan fingerprint density at radius 3 is 2.58 bits per heavy atom. The summed E-state index contributed by atoms with van der Waals surface area (Å²) in [7, 11) is 0. The van der Waals surface area contributed by atoms with Gasteiger partial charge in [0.1, 0.15) is 6.73 Å². The number of benzene rings is 1. The van der Waals surface area contributed by atoms with E-state index in [0.717, 1.165) is 11.3 Å². The van der Waals surface area contributed by atoms with Crippen LogP contribution < -0.4 is 11.3 Å². The standard InChI is InChI=1S/C15H18N2O2/c1-12-7-8-14(9-16)15(18)17(12)11-19-10-13-5-3-2-4-6-13/h2-8H,9-11,16H2,1H3. The van der Waals surface area contributed by atoms with Crippen molar-refractivity contribution in [1.29, 1.82) is 0 Å². The second-order valence-electron chi connectivity index (χ2n) is 4.40. The minimum Gasteiger partial charge on any atom is -0.356 e. The fraction of sp³-hybridized carbons (Fsp3) is 0.267. The molecule has 4 nitrogen and oxygen atoms in total. The van der Waals surface area contributed by atoms with Crippen LogP contribution in [-0.4, -0.2) is 4.57 Å². The van der Waals surface area contributed by atoms with Crippen LogP contribution in [0.4, 0.5) is 0 Å². The lowest BCUT2D eigenvalue weighted by molar-refractivity contribution is 0.0603. The van der Waals surface area contributed by atoms with Gasteiger partial charge in [-0.3, -0.25) is 9.36 Å². The zero-order valence-electron chi connectivity index (χ0n) is 11.0. The number of nitrogens with two attached hydrogens (primary N) is 1. The Balaban J connectivity index is 2.06. The lowest BCUT2D eigenvalue weighted by atomic mass is 10.2. The van der Waals surface area contributed by atoms with Crippen LogP contribution in [0, 0.1) is 6.92 Å². The van der Waals surface area contributed by atoms with E-state index in [1.165, 1.54) is 0 Å². The van der Waals surface area contributed by atoms with E-state index >= 15 is 0 Å².